The number of hydrogen-bond donors (Lipinski definition) is 1. The third kappa shape index (κ3) is 2.43. The second-order valence-electron chi connectivity index (χ2n) is 4.49. The van der Waals surface area contributed by atoms with Crippen molar-refractivity contribution >= 4 is 55.6 Å². The van der Waals surface area contributed by atoms with Crippen molar-refractivity contribution in [3.05, 3.63) is 45.5 Å². The number of hydrogen-bond acceptors (Lipinski definition) is 4. The number of nitrogens with two attached hydrogens (primary N) is 1. The van der Waals surface area contributed by atoms with Gasteiger partial charge >= 0.3 is 0 Å². The molecule has 0 bridgehead atoms. The second-order valence-corrected chi connectivity index (χ2v) is 6.69. The maximum atomic E-state index is 11.4. The number of anilines is 1. The summed E-state index contributed by atoms with van der Waals surface area (Å²) in [6.07, 6.45) is 0. The number of halogens is 1. The molecular weight excluding hydrogens is 383 g/mol. The molecule has 0 aliphatic heterocycles. The fourth-order valence-electron chi connectivity index (χ4n) is 1.93. The van der Waals surface area contributed by atoms with E-state index in [2.05, 4.69) is 27.6 Å². The number of benzene rings is 2. The molecule has 0 amide bonds. The Hall–Kier alpha value is -1.47. The Bertz CT molecular complexity index is 826. The van der Waals surface area contributed by atoms with E-state index < -0.39 is 0 Å². The van der Waals surface area contributed by atoms with Crippen molar-refractivity contribution < 1.29 is 4.79 Å². The van der Waals surface area contributed by atoms with Crippen molar-refractivity contribution in [1.82, 2.24) is 4.98 Å². The number of rotatable bonds is 2. The first-order valence-electron chi connectivity index (χ1n) is 6.01. The first-order valence-corrected chi connectivity index (χ1v) is 7.91. The summed E-state index contributed by atoms with van der Waals surface area (Å²) in [5.41, 5.74) is 9.30. The lowest BCUT2D eigenvalue weighted by atomic mass is 10.1. The number of nitrogen functional groups attached to an aromatic ring is 1. The molecule has 1 heterocycles. The number of nitrogens with zero attached hydrogens (tertiary/aromatic N) is 1. The van der Waals surface area contributed by atoms with Gasteiger partial charge in [0.25, 0.3) is 0 Å². The molecule has 2 N–H and O–H groups in total. The Morgan fingerprint density at radius 3 is 2.75 bits per heavy atom. The minimum absolute atomic E-state index is 0.0730. The summed E-state index contributed by atoms with van der Waals surface area (Å²) in [6, 6.07) is 11.5. The molecule has 1 aromatic heterocycles. The van der Waals surface area contributed by atoms with Crippen LogP contribution in [-0.2, 0) is 0 Å². The monoisotopic (exact) mass is 394 g/mol. The molecule has 2 aromatic carbocycles. The summed E-state index contributed by atoms with van der Waals surface area (Å²) in [5, 5.41) is 0.943. The third-order valence-corrected chi connectivity index (χ3v) is 5.04. The Morgan fingerprint density at radius 2 is 2.05 bits per heavy atom. The topological polar surface area (TPSA) is 56.0 Å². The maximum Gasteiger partial charge on any atom is 0.159 e. The predicted octanol–water partition coefficient (Wildman–Crippen LogP) is 4.35. The Kier molecular flexibility index (Phi) is 3.47. The third-order valence-electron chi connectivity index (χ3n) is 3.04. The zero-order valence-electron chi connectivity index (χ0n) is 10.7. The van der Waals surface area contributed by atoms with Gasteiger partial charge in [-0.25, -0.2) is 4.98 Å². The number of carbonyl (C=O) groups is 1. The van der Waals surface area contributed by atoms with Gasteiger partial charge in [0.2, 0.25) is 0 Å². The van der Waals surface area contributed by atoms with E-state index in [9.17, 15) is 4.79 Å². The SMILES string of the molecule is CC(=O)c1ccc2nc(-c3ccc(N)c(I)c3)sc2c1. The Labute approximate surface area is 134 Å². The molecule has 0 radical (unpaired) electrons. The van der Waals surface area contributed by atoms with Gasteiger partial charge in [-0.15, -0.1) is 11.3 Å². The number of carbonyl (C=O) groups excluding carboxylic acids is 1. The molecule has 0 aliphatic rings. The van der Waals surface area contributed by atoms with Gasteiger partial charge < -0.3 is 5.73 Å². The van der Waals surface area contributed by atoms with Crippen LogP contribution in [0.1, 0.15) is 17.3 Å². The summed E-state index contributed by atoms with van der Waals surface area (Å²) < 4.78 is 2.04. The normalized spacial score (nSPS) is 10.9. The lowest BCUT2D eigenvalue weighted by molar-refractivity contribution is 0.101. The van der Waals surface area contributed by atoms with E-state index in [-0.39, 0.29) is 5.78 Å². The maximum absolute atomic E-state index is 11.4. The molecule has 3 rings (SSSR count). The fraction of sp³-hybridized carbons (Fsp3) is 0.0667. The number of aromatic nitrogens is 1. The van der Waals surface area contributed by atoms with Gasteiger partial charge in [-0.2, -0.15) is 0 Å². The molecule has 0 saturated heterocycles. The smallest absolute Gasteiger partial charge is 0.159 e. The van der Waals surface area contributed by atoms with Crippen LogP contribution in [0.2, 0.25) is 0 Å². The van der Waals surface area contributed by atoms with Crippen molar-refractivity contribution in [2.75, 3.05) is 5.73 Å². The van der Waals surface area contributed by atoms with Gasteiger partial charge in [-0.05, 0) is 65.9 Å². The van der Waals surface area contributed by atoms with Crippen LogP contribution in [0.25, 0.3) is 20.8 Å². The molecule has 0 atom stereocenters. The zero-order valence-corrected chi connectivity index (χ0v) is 13.7. The molecule has 3 aromatic rings. The molecular formula is C15H11IN2OS. The van der Waals surface area contributed by atoms with Crippen LogP contribution < -0.4 is 5.73 Å². The molecule has 0 saturated carbocycles. The average Bonchev–Trinajstić information content (AvgIpc) is 2.84. The van der Waals surface area contributed by atoms with Crippen LogP contribution in [0.5, 0.6) is 0 Å². The summed E-state index contributed by atoms with van der Waals surface area (Å²) >= 11 is 3.81. The van der Waals surface area contributed by atoms with Crippen LogP contribution >= 0.6 is 33.9 Å². The molecule has 0 unspecified atom stereocenters. The Morgan fingerprint density at radius 1 is 1.25 bits per heavy atom. The summed E-state index contributed by atoms with van der Waals surface area (Å²) in [4.78, 5) is 16.0. The number of thiazole rings is 1. The Balaban J connectivity index is 2.12. The van der Waals surface area contributed by atoms with Gasteiger partial charge in [-0.1, -0.05) is 0 Å². The van der Waals surface area contributed by atoms with Crippen LogP contribution in [0.15, 0.2) is 36.4 Å². The van der Waals surface area contributed by atoms with Crippen LogP contribution in [0.3, 0.4) is 0 Å². The first kappa shape index (κ1) is 13.5. The molecule has 0 fully saturated rings. The van der Waals surface area contributed by atoms with E-state index in [1.165, 1.54) is 0 Å². The zero-order chi connectivity index (χ0) is 14.3. The van der Waals surface area contributed by atoms with E-state index >= 15 is 0 Å². The minimum Gasteiger partial charge on any atom is -0.398 e. The molecule has 3 nitrogen and oxygen atoms in total. The summed E-state index contributed by atoms with van der Waals surface area (Å²) in [6.45, 7) is 1.57. The highest BCUT2D eigenvalue weighted by Gasteiger charge is 2.09. The minimum atomic E-state index is 0.0730. The average molecular weight is 394 g/mol. The molecule has 0 spiro atoms. The van der Waals surface area contributed by atoms with Gasteiger partial charge in [-0.3, -0.25) is 4.79 Å². The number of ketones is 1. The van der Waals surface area contributed by atoms with Crippen LogP contribution in [0.4, 0.5) is 5.69 Å². The van der Waals surface area contributed by atoms with Crippen LogP contribution in [-0.4, -0.2) is 10.8 Å². The van der Waals surface area contributed by atoms with Crippen molar-refractivity contribution in [2.24, 2.45) is 0 Å². The van der Waals surface area contributed by atoms with Crippen molar-refractivity contribution in [3.8, 4) is 10.6 Å². The first-order chi connectivity index (χ1) is 9.54. The van der Waals surface area contributed by atoms with E-state index in [1.807, 2.05) is 36.4 Å². The van der Waals surface area contributed by atoms with Gasteiger partial charge in [0.15, 0.2) is 5.78 Å². The summed E-state index contributed by atoms with van der Waals surface area (Å²) in [7, 11) is 0. The van der Waals surface area contributed by atoms with Gasteiger partial charge in [0.05, 0.1) is 10.2 Å². The van der Waals surface area contributed by atoms with E-state index in [1.54, 1.807) is 18.3 Å². The highest BCUT2D eigenvalue weighted by molar-refractivity contribution is 14.1. The molecule has 5 heteroatoms. The molecule has 0 aliphatic carbocycles. The second kappa shape index (κ2) is 5.14. The van der Waals surface area contributed by atoms with E-state index in [0.717, 1.165) is 35.6 Å². The lowest BCUT2D eigenvalue weighted by Gasteiger charge is -2.00. The molecule has 20 heavy (non-hydrogen) atoms. The van der Waals surface area contributed by atoms with Crippen LogP contribution in [0, 0.1) is 3.57 Å². The standard InChI is InChI=1S/C15H11IN2OS/c1-8(19)9-3-5-13-14(7-9)20-15(18-13)10-2-4-12(17)11(16)6-10/h2-7H,17H2,1H3. The van der Waals surface area contributed by atoms with E-state index in [0.29, 0.717) is 0 Å². The van der Waals surface area contributed by atoms with Crippen molar-refractivity contribution in [3.63, 3.8) is 0 Å². The largest absolute Gasteiger partial charge is 0.398 e. The van der Waals surface area contributed by atoms with Gasteiger partial charge in [0.1, 0.15) is 5.01 Å². The molecule has 100 valence electrons. The fourth-order valence-corrected chi connectivity index (χ4v) is 3.44. The lowest BCUT2D eigenvalue weighted by Crippen LogP contribution is -1.89. The highest BCUT2D eigenvalue weighted by Crippen LogP contribution is 2.32. The quantitative estimate of drug-likeness (QED) is 0.399. The van der Waals surface area contributed by atoms with Crippen molar-refractivity contribution in [1.29, 1.82) is 0 Å². The number of fused-ring (bicyclic) bond motifs is 1. The highest BCUT2D eigenvalue weighted by atomic mass is 127. The van der Waals surface area contributed by atoms with Crippen molar-refractivity contribution in [2.45, 2.75) is 6.92 Å². The number of Topliss-reactive ketones (excluding diaryl/α,β-unsaturated/α-hetero) is 1. The van der Waals surface area contributed by atoms with Gasteiger partial charge in [0, 0.05) is 20.4 Å². The predicted molar refractivity (Wildman–Crippen MR) is 92.2 cm³/mol. The summed E-state index contributed by atoms with van der Waals surface area (Å²) in [5.74, 6) is 0.0730. The van der Waals surface area contributed by atoms with E-state index in [4.69, 9.17) is 5.73 Å².